The summed E-state index contributed by atoms with van der Waals surface area (Å²) >= 11 is 0. The van der Waals surface area contributed by atoms with Crippen molar-refractivity contribution >= 4 is 22.5 Å². The predicted octanol–water partition coefficient (Wildman–Crippen LogP) is 3.16. The Morgan fingerprint density at radius 2 is 1.89 bits per heavy atom. The highest BCUT2D eigenvalue weighted by Crippen LogP contribution is 2.29. The molecule has 0 bridgehead atoms. The molecule has 7 heteroatoms. The largest absolute Gasteiger partial charge is 0.363 e. The first-order valence-electron chi connectivity index (χ1n) is 9.44. The molecule has 1 N–H and O–H groups in total. The molecule has 0 unspecified atom stereocenters. The van der Waals surface area contributed by atoms with Gasteiger partial charge in [0.05, 0.1) is 36.5 Å². The van der Waals surface area contributed by atoms with E-state index in [2.05, 4.69) is 67.1 Å². The highest BCUT2D eigenvalue weighted by Gasteiger charge is 2.20. The van der Waals surface area contributed by atoms with Crippen LogP contribution in [0.4, 0.5) is 11.6 Å². The van der Waals surface area contributed by atoms with Crippen LogP contribution in [0.5, 0.6) is 0 Å². The molecule has 28 heavy (non-hydrogen) atoms. The molecular weight excluding hydrogens is 350 g/mol. The number of hydrogen-bond acceptors (Lipinski definition) is 6. The Balaban J connectivity index is 1.38. The van der Waals surface area contributed by atoms with Crippen LogP contribution in [0.25, 0.3) is 10.9 Å². The third-order valence-corrected chi connectivity index (χ3v) is 5.00. The van der Waals surface area contributed by atoms with Crippen LogP contribution in [0.15, 0.2) is 54.9 Å². The van der Waals surface area contributed by atoms with Crippen LogP contribution in [-0.4, -0.2) is 31.3 Å². The number of para-hydroxylation sites is 1. The van der Waals surface area contributed by atoms with E-state index < -0.39 is 0 Å². The van der Waals surface area contributed by atoms with E-state index in [4.69, 9.17) is 5.10 Å². The van der Waals surface area contributed by atoms with Crippen LogP contribution in [0, 0.1) is 6.92 Å². The molecule has 0 saturated carbocycles. The van der Waals surface area contributed by atoms with Crippen molar-refractivity contribution in [2.45, 2.75) is 26.6 Å². The summed E-state index contributed by atoms with van der Waals surface area (Å²) in [5, 5.41) is 9.16. The van der Waals surface area contributed by atoms with Crippen molar-refractivity contribution in [1.82, 2.24) is 24.7 Å². The zero-order valence-corrected chi connectivity index (χ0v) is 15.7. The Kier molecular flexibility index (Phi) is 4.12. The number of fused-ring (bicyclic) bond motifs is 2. The Morgan fingerprint density at radius 1 is 1.04 bits per heavy atom. The molecule has 1 aliphatic heterocycles. The van der Waals surface area contributed by atoms with Crippen molar-refractivity contribution in [2.24, 2.45) is 0 Å². The fourth-order valence-corrected chi connectivity index (χ4v) is 3.73. The lowest BCUT2D eigenvalue weighted by molar-refractivity contribution is 0.517. The van der Waals surface area contributed by atoms with Crippen molar-refractivity contribution < 1.29 is 0 Å². The first kappa shape index (κ1) is 16.7. The fourth-order valence-electron chi connectivity index (χ4n) is 3.73. The molecule has 0 saturated heterocycles. The van der Waals surface area contributed by atoms with Gasteiger partial charge in [0, 0.05) is 35.7 Å². The third-order valence-electron chi connectivity index (χ3n) is 5.00. The second-order valence-electron chi connectivity index (χ2n) is 7.00. The van der Waals surface area contributed by atoms with Crippen molar-refractivity contribution in [3.05, 3.63) is 71.9 Å². The monoisotopic (exact) mass is 371 g/mol. The number of benzene rings is 1. The first-order valence-corrected chi connectivity index (χ1v) is 9.44. The lowest BCUT2D eigenvalue weighted by Gasteiger charge is -2.30. The van der Waals surface area contributed by atoms with Gasteiger partial charge in [0.2, 0.25) is 5.95 Å². The summed E-state index contributed by atoms with van der Waals surface area (Å²) < 4.78 is 2.11. The molecule has 5 rings (SSSR count). The van der Waals surface area contributed by atoms with Gasteiger partial charge >= 0.3 is 0 Å². The van der Waals surface area contributed by atoms with E-state index in [0.717, 1.165) is 36.5 Å². The Morgan fingerprint density at radius 3 is 2.79 bits per heavy atom. The zero-order chi connectivity index (χ0) is 18.9. The van der Waals surface area contributed by atoms with E-state index in [1.54, 1.807) is 18.5 Å². The molecule has 0 fully saturated rings. The highest BCUT2D eigenvalue weighted by molar-refractivity contribution is 5.92. The maximum atomic E-state index is 4.73. The van der Waals surface area contributed by atoms with Crippen LogP contribution < -0.4 is 10.2 Å². The molecule has 1 aliphatic rings. The van der Waals surface area contributed by atoms with Crippen LogP contribution in [-0.2, 0) is 19.6 Å². The fraction of sp³-hybridized carbons (Fsp3) is 0.238. The minimum atomic E-state index is 0.612. The summed E-state index contributed by atoms with van der Waals surface area (Å²) in [6.07, 6.45) is 3.46. The number of aryl methyl sites for hydroxylation is 1. The summed E-state index contributed by atoms with van der Waals surface area (Å²) in [5.41, 5.74) is 5.55. The zero-order valence-electron chi connectivity index (χ0n) is 15.7. The molecule has 0 atom stereocenters. The standard InChI is InChI=1S/C21H21N7/c1-15-11-20(18-5-2-3-6-19(18)25-15)27-9-10-28-17(14-27)12-16(26-28)13-24-21-22-7-4-8-23-21/h2-8,11-12H,9-10,13-14H2,1H3,(H,22,23,24). The molecule has 0 radical (unpaired) electrons. The van der Waals surface area contributed by atoms with Crippen molar-refractivity contribution in [2.75, 3.05) is 16.8 Å². The van der Waals surface area contributed by atoms with Crippen LogP contribution in [0.3, 0.4) is 0 Å². The lowest BCUT2D eigenvalue weighted by atomic mass is 10.1. The minimum Gasteiger partial charge on any atom is -0.363 e. The maximum absolute atomic E-state index is 4.73. The van der Waals surface area contributed by atoms with E-state index in [1.807, 2.05) is 6.07 Å². The van der Waals surface area contributed by atoms with E-state index >= 15 is 0 Å². The molecule has 3 aromatic heterocycles. The molecule has 0 amide bonds. The summed E-state index contributed by atoms with van der Waals surface area (Å²) in [4.78, 5) is 15.5. The number of nitrogens with one attached hydrogen (secondary N) is 1. The van der Waals surface area contributed by atoms with Gasteiger partial charge in [-0.3, -0.25) is 9.67 Å². The smallest absolute Gasteiger partial charge is 0.222 e. The van der Waals surface area contributed by atoms with E-state index in [-0.39, 0.29) is 0 Å². The van der Waals surface area contributed by atoms with Crippen LogP contribution >= 0.6 is 0 Å². The summed E-state index contributed by atoms with van der Waals surface area (Å²) in [6, 6.07) is 14.5. The number of anilines is 2. The van der Waals surface area contributed by atoms with Gasteiger partial charge in [-0.05, 0) is 31.2 Å². The molecule has 4 aromatic rings. The number of rotatable bonds is 4. The Labute approximate surface area is 163 Å². The predicted molar refractivity (Wildman–Crippen MR) is 109 cm³/mol. The lowest BCUT2D eigenvalue weighted by Crippen LogP contribution is -2.34. The Bertz CT molecular complexity index is 1120. The van der Waals surface area contributed by atoms with Crippen LogP contribution in [0.1, 0.15) is 17.1 Å². The van der Waals surface area contributed by atoms with E-state index in [0.29, 0.717) is 12.5 Å². The summed E-state index contributed by atoms with van der Waals surface area (Å²) in [5.74, 6) is 0.619. The molecule has 0 spiro atoms. The number of pyridine rings is 1. The second kappa shape index (κ2) is 6.92. The molecule has 4 heterocycles. The van der Waals surface area contributed by atoms with E-state index in [1.165, 1.54) is 16.8 Å². The van der Waals surface area contributed by atoms with Gasteiger partial charge in [0.15, 0.2) is 0 Å². The molecular formula is C21H21N7. The van der Waals surface area contributed by atoms with Crippen molar-refractivity contribution in [3.63, 3.8) is 0 Å². The average Bonchev–Trinajstić information content (AvgIpc) is 3.14. The summed E-state index contributed by atoms with van der Waals surface area (Å²) in [6.45, 7) is 5.30. The maximum Gasteiger partial charge on any atom is 0.222 e. The second-order valence-corrected chi connectivity index (χ2v) is 7.00. The minimum absolute atomic E-state index is 0.612. The van der Waals surface area contributed by atoms with Crippen molar-refractivity contribution in [3.8, 4) is 0 Å². The highest BCUT2D eigenvalue weighted by atomic mass is 15.3. The van der Waals surface area contributed by atoms with Crippen LogP contribution in [0.2, 0.25) is 0 Å². The van der Waals surface area contributed by atoms with Gasteiger partial charge in [-0.1, -0.05) is 18.2 Å². The molecule has 1 aromatic carbocycles. The number of hydrogen-bond donors (Lipinski definition) is 1. The van der Waals surface area contributed by atoms with Crippen molar-refractivity contribution in [1.29, 1.82) is 0 Å². The Hall–Kier alpha value is -3.48. The molecule has 7 nitrogen and oxygen atoms in total. The van der Waals surface area contributed by atoms with Gasteiger partial charge < -0.3 is 10.2 Å². The quantitative estimate of drug-likeness (QED) is 0.594. The van der Waals surface area contributed by atoms with E-state index in [9.17, 15) is 0 Å². The first-order chi connectivity index (χ1) is 13.8. The van der Waals surface area contributed by atoms with Gasteiger partial charge in [-0.25, -0.2) is 9.97 Å². The van der Waals surface area contributed by atoms with Gasteiger partial charge in [-0.2, -0.15) is 5.10 Å². The SMILES string of the molecule is Cc1cc(N2CCn3nc(CNc4ncccn4)cc3C2)c2ccccc2n1. The molecule has 140 valence electrons. The normalized spacial score (nSPS) is 13.5. The topological polar surface area (TPSA) is 71.8 Å². The molecule has 0 aliphatic carbocycles. The van der Waals surface area contributed by atoms with Gasteiger partial charge in [0.1, 0.15) is 0 Å². The summed E-state index contributed by atoms with van der Waals surface area (Å²) in [7, 11) is 0. The number of nitrogens with zero attached hydrogens (tertiary/aromatic N) is 6. The van der Waals surface area contributed by atoms with Gasteiger partial charge in [-0.15, -0.1) is 0 Å². The average molecular weight is 371 g/mol. The number of aromatic nitrogens is 5. The third kappa shape index (κ3) is 3.15. The van der Waals surface area contributed by atoms with Gasteiger partial charge in [0.25, 0.3) is 0 Å².